The monoisotopic (exact) mass is 425 g/mol. The van der Waals surface area contributed by atoms with Gasteiger partial charge in [-0.25, -0.2) is 5.43 Å². The summed E-state index contributed by atoms with van der Waals surface area (Å²) in [5.74, 6) is 0.367. The maximum atomic E-state index is 11.6. The van der Waals surface area contributed by atoms with E-state index in [9.17, 15) is 4.79 Å². The first kappa shape index (κ1) is 16.3. The summed E-state index contributed by atoms with van der Waals surface area (Å²) in [4.78, 5) is 11.6. The van der Waals surface area contributed by atoms with Crippen LogP contribution in [0.3, 0.4) is 0 Å². The molecule has 0 aliphatic carbocycles. The molecule has 0 saturated carbocycles. The van der Waals surface area contributed by atoms with Gasteiger partial charge in [-0.1, -0.05) is 12.1 Å². The molecule has 0 aliphatic rings. The first-order valence-corrected chi connectivity index (χ1v) is 7.57. The summed E-state index contributed by atoms with van der Waals surface area (Å²) in [6.45, 7) is -0.248. The van der Waals surface area contributed by atoms with Crippen LogP contribution in [-0.4, -0.2) is 18.7 Å². The third kappa shape index (κ3) is 4.44. The van der Waals surface area contributed by atoms with E-state index in [2.05, 4.69) is 42.4 Å². The highest BCUT2D eigenvalue weighted by atomic mass is 79.9. The number of nitrogens with zero attached hydrogens (tertiary/aromatic N) is 2. The van der Waals surface area contributed by atoms with Crippen LogP contribution in [0.25, 0.3) is 0 Å². The molecule has 0 bridgehead atoms. The Labute approximate surface area is 143 Å². The lowest BCUT2D eigenvalue weighted by atomic mass is 10.2. The van der Waals surface area contributed by atoms with E-state index < -0.39 is 5.91 Å². The molecule has 0 aliphatic heterocycles. The van der Waals surface area contributed by atoms with Gasteiger partial charge in [0.05, 0.1) is 16.3 Å². The van der Waals surface area contributed by atoms with Crippen LogP contribution < -0.4 is 10.2 Å². The molecule has 1 aromatic heterocycles. The van der Waals surface area contributed by atoms with Crippen LogP contribution in [0.1, 0.15) is 11.3 Å². The molecular weight excluding hydrogens is 418 g/mol. The van der Waals surface area contributed by atoms with Crippen LogP contribution in [0.4, 0.5) is 0 Å². The zero-order valence-electron chi connectivity index (χ0n) is 11.0. The number of benzene rings is 1. The Morgan fingerprint density at radius 1 is 1.45 bits per heavy atom. The Bertz CT molecular complexity index is 731. The smallest absolute Gasteiger partial charge is 0.277 e. The van der Waals surface area contributed by atoms with E-state index >= 15 is 0 Å². The normalized spacial score (nSPS) is 10.4. The molecule has 2 rings (SSSR count). The van der Waals surface area contributed by atoms with Gasteiger partial charge in [0.25, 0.3) is 5.91 Å². The molecule has 1 N–H and O–H groups in total. The van der Waals surface area contributed by atoms with Gasteiger partial charge in [-0.05, 0) is 44.0 Å². The van der Waals surface area contributed by atoms with Crippen molar-refractivity contribution in [1.29, 1.82) is 5.26 Å². The summed E-state index contributed by atoms with van der Waals surface area (Å²) < 4.78 is 11.8. The number of amides is 1. The lowest BCUT2D eigenvalue weighted by molar-refractivity contribution is -0.123. The van der Waals surface area contributed by atoms with Crippen molar-refractivity contribution in [3.8, 4) is 11.8 Å². The second kappa shape index (κ2) is 7.77. The number of nitrogens with one attached hydrogen (secondary N) is 1. The van der Waals surface area contributed by atoms with Crippen LogP contribution in [0.2, 0.25) is 0 Å². The first-order valence-electron chi connectivity index (χ1n) is 5.99. The number of ether oxygens (including phenoxy) is 1. The Morgan fingerprint density at radius 3 is 2.91 bits per heavy atom. The minimum absolute atomic E-state index is 0.248. The number of hydrazone groups is 1. The molecule has 0 atom stereocenters. The van der Waals surface area contributed by atoms with Crippen LogP contribution in [0.5, 0.6) is 5.75 Å². The summed E-state index contributed by atoms with van der Waals surface area (Å²) in [7, 11) is 0. The van der Waals surface area contributed by atoms with Gasteiger partial charge in [0, 0.05) is 6.07 Å². The van der Waals surface area contributed by atoms with Crippen molar-refractivity contribution in [1.82, 2.24) is 5.43 Å². The van der Waals surface area contributed by atoms with Crippen LogP contribution in [0, 0.1) is 11.3 Å². The molecular formula is C14H9Br2N3O3. The predicted molar refractivity (Wildman–Crippen MR) is 86.5 cm³/mol. The van der Waals surface area contributed by atoms with Gasteiger partial charge < -0.3 is 9.15 Å². The quantitative estimate of drug-likeness (QED) is 0.587. The highest BCUT2D eigenvalue weighted by Crippen LogP contribution is 2.25. The molecule has 8 heteroatoms. The van der Waals surface area contributed by atoms with Crippen molar-refractivity contribution < 1.29 is 13.9 Å². The molecule has 1 amide bonds. The first-order chi connectivity index (χ1) is 10.6. The zero-order chi connectivity index (χ0) is 15.9. The van der Waals surface area contributed by atoms with Gasteiger partial charge in [-0.15, -0.1) is 0 Å². The number of rotatable bonds is 5. The van der Waals surface area contributed by atoms with Crippen molar-refractivity contribution in [3.63, 3.8) is 0 Å². The molecule has 6 nitrogen and oxygen atoms in total. The van der Waals surface area contributed by atoms with Gasteiger partial charge in [-0.3, -0.25) is 4.79 Å². The number of nitriles is 1. The van der Waals surface area contributed by atoms with Crippen LogP contribution in [-0.2, 0) is 4.79 Å². The second-order valence-corrected chi connectivity index (χ2v) is 5.53. The summed E-state index contributed by atoms with van der Waals surface area (Å²) >= 11 is 6.46. The second-order valence-electron chi connectivity index (χ2n) is 3.96. The summed E-state index contributed by atoms with van der Waals surface area (Å²) in [5.41, 5.74) is 2.66. The fourth-order valence-electron chi connectivity index (χ4n) is 1.46. The number of halogens is 2. The lowest BCUT2D eigenvalue weighted by Gasteiger charge is -2.05. The minimum Gasteiger partial charge on any atom is -0.482 e. The highest BCUT2D eigenvalue weighted by molar-refractivity contribution is 9.13. The highest BCUT2D eigenvalue weighted by Gasteiger charge is 2.06. The molecule has 1 aromatic carbocycles. The molecule has 1 heterocycles. The Balaban J connectivity index is 1.84. The van der Waals surface area contributed by atoms with Gasteiger partial charge in [-0.2, -0.15) is 10.4 Å². The third-order valence-corrected chi connectivity index (χ3v) is 4.12. The van der Waals surface area contributed by atoms with Gasteiger partial charge in [0.1, 0.15) is 17.6 Å². The maximum absolute atomic E-state index is 11.6. The molecule has 112 valence electrons. The van der Waals surface area contributed by atoms with E-state index in [-0.39, 0.29) is 6.61 Å². The van der Waals surface area contributed by atoms with Crippen LogP contribution >= 0.6 is 31.9 Å². The molecule has 0 unspecified atom stereocenters. The van der Waals surface area contributed by atoms with E-state index in [0.717, 1.165) is 4.47 Å². The van der Waals surface area contributed by atoms with E-state index in [0.29, 0.717) is 21.7 Å². The summed E-state index contributed by atoms with van der Waals surface area (Å²) in [6, 6.07) is 10.3. The minimum atomic E-state index is -0.450. The van der Waals surface area contributed by atoms with E-state index in [1.54, 1.807) is 30.3 Å². The van der Waals surface area contributed by atoms with Gasteiger partial charge in [0.15, 0.2) is 11.3 Å². The number of hydrogen-bond acceptors (Lipinski definition) is 5. The third-order valence-electron chi connectivity index (χ3n) is 2.41. The predicted octanol–water partition coefficient (Wildman–Crippen LogP) is 3.21. The van der Waals surface area contributed by atoms with Crippen molar-refractivity contribution >= 4 is 44.0 Å². The number of hydrogen-bond donors (Lipinski definition) is 1. The molecule has 0 spiro atoms. The SMILES string of the molecule is N#Cc1ccccc1OCC(=O)N/N=C\c1cc(Br)c(Br)o1. The largest absolute Gasteiger partial charge is 0.482 e. The van der Waals surface area contributed by atoms with Crippen molar-refractivity contribution in [2.75, 3.05) is 6.61 Å². The average molecular weight is 427 g/mol. The Hall–Kier alpha value is -2.11. The fraction of sp³-hybridized carbons (Fsp3) is 0.0714. The number of carbonyl (C=O) groups excluding carboxylic acids is 1. The van der Waals surface area contributed by atoms with Gasteiger partial charge in [0.2, 0.25) is 0 Å². The zero-order valence-corrected chi connectivity index (χ0v) is 14.2. The van der Waals surface area contributed by atoms with E-state index in [1.807, 2.05) is 6.07 Å². The molecule has 0 fully saturated rings. The van der Waals surface area contributed by atoms with E-state index in [1.165, 1.54) is 6.21 Å². The van der Waals surface area contributed by atoms with Crippen molar-refractivity contribution in [2.45, 2.75) is 0 Å². The number of para-hydroxylation sites is 1. The Kier molecular flexibility index (Phi) is 5.75. The lowest BCUT2D eigenvalue weighted by Crippen LogP contribution is -2.24. The summed E-state index contributed by atoms with van der Waals surface area (Å²) in [6.07, 6.45) is 1.36. The Morgan fingerprint density at radius 2 is 2.23 bits per heavy atom. The molecule has 0 radical (unpaired) electrons. The topological polar surface area (TPSA) is 87.6 Å². The fourth-order valence-corrected chi connectivity index (χ4v) is 2.06. The average Bonchev–Trinajstić information content (AvgIpc) is 2.84. The maximum Gasteiger partial charge on any atom is 0.277 e. The molecule has 0 saturated heterocycles. The van der Waals surface area contributed by atoms with Crippen LogP contribution in [0.15, 0.2) is 49.0 Å². The van der Waals surface area contributed by atoms with E-state index in [4.69, 9.17) is 14.4 Å². The molecule has 2 aromatic rings. The summed E-state index contributed by atoms with van der Waals surface area (Å²) in [5, 5.41) is 12.6. The number of furan rings is 1. The number of carbonyl (C=O) groups is 1. The van der Waals surface area contributed by atoms with Crippen molar-refractivity contribution in [2.24, 2.45) is 5.10 Å². The van der Waals surface area contributed by atoms with Crippen molar-refractivity contribution in [3.05, 3.63) is 50.8 Å². The molecule has 22 heavy (non-hydrogen) atoms. The van der Waals surface area contributed by atoms with Gasteiger partial charge >= 0.3 is 0 Å². The standard InChI is InChI=1S/C14H9Br2N3O3/c15-11-5-10(22-14(11)16)7-18-19-13(20)8-21-12-4-2-1-3-9(12)6-17/h1-5,7H,8H2,(H,19,20)/b18-7-.